The normalized spacial score (nSPS) is 18.3. The summed E-state index contributed by atoms with van der Waals surface area (Å²) in [6.07, 6.45) is -0.135. The molecule has 1 fully saturated rings. The molecule has 10 atom stereocenters. The highest BCUT2D eigenvalue weighted by Crippen LogP contribution is 2.31. The summed E-state index contributed by atoms with van der Waals surface area (Å²) in [4.78, 5) is 113. The molecule has 8 amide bonds. The number of rotatable bonds is 29. The Kier molecular flexibility index (Phi) is 28.7. The lowest BCUT2D eigenvalue weighted by Gasteiger charge is -2.41. The summed E-state index contributed by atoms with van der Waals surface area (Å²) in [6.45, 7) is 15.1. The Hall–Kier alpha value is -6.34. The van der Waals surface area contributed by atoms with E-state index in [1.165, 1.54) is 39.7 Å². The summed E-state index contributed by atoms with van der Waals surface area (Å²) in [5, 5.41) is 24.8. The minimum Gasteiger partial charge on any atom is -0.472 e. The molecule has 462 valence electrons. The SMILES string of the molecule is CC[C@H](C)[C@@H]([C@@H](CC(=O)N1CCC[C@H]1[C@H](OC)[C@@H](C)C(=O)N[C@H](C)[C@@H](O)c1ccccc1)OC)N(C)C(=O)[C@@H](NC(=O)[C@H](C(C)C)N(C)C(=O)OCc1ccc(NC(=O)O/C2=C/OCOCCC2)c(NC(=O)CCNC(=O)CBr)c1)C(C)C. The third-order valence-corrected chi connectivity index (χ3v) is 15.6. The number of hydrogen-bond acceptors (Lipinski definition) is 15. The number of carbonyl (C=O) groups excluding carboxylic acids is 8. The highest BCUT2D eigenvalue weighted by Gasteiger charge is 2.44. The van der Waals surface area contributed by atoms with E-state index in [4.69, 9.17) is 28.4 Å². The second-order valence-electron chi connectivity index (χ2n) is 21.9. The molecule has 2 aliphatic heterocycles. The van der Waals surface area contributed by atoms with Crippen LogP contribution in [0.5, 0.6) is 0 Å². The van der Waals surface area contributed by atoms with Gasteiger partial charge in [0.25, 0.3) is 0 Å². The van der Waals surface area contributed by atoms with Gasteiger partial charge in [0.05, 0.1) is 72.1 Å². The predicted molar refractivity (Wildman–Crippen MR) is 314 cm³/mol. The van der Waals surface area contributed by atoms with Crippen LogP contribution in [-0.4, -0.2) is 170 Å². The van der Waals surface area contributed by atoms with E-state index < -0.39 is 96.2 Å². The van der Waals surface area contributed by atoms with Gasteiger partial charge in [-0.1, -0.05) is 107 Å². The molecule has 23 nitrogen and oxygen atoms in total. The largest absolute Gasteiger partial charge is 0.472 e. The van der Waals surface area contributed by atoms with Gasteiger partial charge in [-0.3, -0.25) is 39.0 Å². The Morgan fingerprint density at radius 3 is 2.19 bits per heavy atom. The molecule has 0 bridgehead atoms. The van der Waals surface area contributed by atoms with E-state index in [2.05, 4.69) is 42.5 Å². The zero-order valence-electron chi connectivity index (χ0n) is 50.2. The fraction of sp³-hybridized carbons (Fsp3) is 0.627. The number of methoxy groups -OCH3 is 2. The van der Waals surface area contributed by atoms with Crippen LogP contribution in [0, 0.1) is 23.7 Å². The summed E-state index contributed by atoms with van der Waals surface area (Å²) in [6, 6.07) is 9.78. The summed E-state index contributed by atoms with van der Waals surface area (Å²) >= 11 is 3.07. The van der Waals surface area contributed by atoms with E-state index in [0.29, 0.717) is 56.4 Å². The van der Waals surface area contributed by atoms with Crippen molar-refractivity contribution >= 4 is 74.9 Å². The first-order valence-corrected chi connectivity index (χ1v) is 29.6. The number of likely N-dealkylation sites (N-methyl/N-ethyl adjacent to an activating group) is 2. The number of ether oxygens (including phenoxy) is 6. The predicted octanol–water partition coefficient (Wildman–Crippen LogP) is 6.59. The van der Waals surface area contributed by atoms with E-state index in [-0.39, 0.29) is 78.9 Å². The number of halogens is 1. The quantitative estimate of drug-likeness (QED) is 0.0469. The molecule has 0 unspecified atom stereocenters. The Balaban J connectivity index is 1.46. The topological polar surface area (TPSA) is 282 Å². The molecule has 4 rings (SSSR count). The van der Waals surface area contributed by atoms with Crippen molar-refractivity contribution in [1.82, 2.24) is 30.7 Å². The Morgan fingerprint density at radius 2 is 1.55 bits per heavy atom. The fourth-order valence-corrected chi connectivity index (χ4v) is 10.6. The van der Waals surface area contributed by atoms with Gasteiger partial charge < -0.3 is 64.6 Å². The number of anilines is 2. The molecule has 83 heavy (non-hydrogen) atoms. The standard InChI is InChI=1S/C59H89BrN8O15/c1-13-37(6)52(46(78-11)30-49(71)68-27-17-22-45(68)54(79-12)38(7)55(73)62-39(8)53(72)41-19-15-14-16-20-41)66(9)57(75)50(35(2)3)65-56(74)51(36(4)5)67(10)59(77)82-32-40-23-24-43(44(29-40)63-47(69)25-26-61-48(70)31-60)64-58(76)83-42-21-18-28-80-34-81-33-42/h14-16,19-20,23-24,29,33,35-39,45-46,50-54,72H,13,17-18,21-22,25-28,30-32,34H2,1-12H3,(H,61,70)(H,62,73)(H,63,69)(H,64,76)(H,65,74)/b42-33+/t37-,38+,39+,45-,46+,50-,51-,52-,53+,54+/m0/s1. The minimum absolute atomic E-state index is 0.00302. The zero-order chi connectivity index (χ0) is 61.5. The van der Waals surface area contributed by atoms with E-state index in [1.807, 2.05) is 32.0 Å². The first-order chi connectivity index (χ1) is 39.5. The van der Waals surface area contributed by atoms with Gasteiger partial charge in [0.15, 0.2) is 6.79 Å². The van der Waals surface area contributed by atoms with E-state index in [1.54, 1.807) is 76.6 Å². The van der Waals surface area contributed by atoms with Crippen LogP contribution in [0.4, 0.5) is 21.0 Å². The average Bonchev–Trinajstić information content (AvgIpc) is 4.15. The first kappa shape index (κ1) is 69.2. The summed E-state index contributed by atoms with van der Waals surface area (Å²) in [5.41, 5.74) is 1.37. The molecule has 0 aliphatic carbocycles. The summed E-state index contributed by atoms with van der Waals surface area (Å²) in [7, 11) is 6.07. The number of allylic oxidation sites excluding steroid dienone is 1. The van der Waals surface area contributed by atoms with Crippen molar-refractivity contribution in [3.63, 3.8) is 0 Å². The van der Waals surface area contributed by atoms with Gasteiger partial charge in [0.1, 0.15) is 30.7 Å². The van der Waals surface area contributed by atoms with Crippen molar-refractivity contribution < 1.29 is 71.9 Å². The van der Waals surface area contributed by atoms with Crippen molar-refractivity contribution in [1.29, 1.82) is 0 Å². The smallest absolute Gasteiger partial charge is 0.416 e. The monoisotopic (exact) mass is 1230 g/mol. The highest BCUT2D eigenvalue weighted by atomic mass is 79.9. The number of aliphatic hydroxyl groups is 1. The molecular formula is C59H89BrN8O15. The van der Waals surface area contributed by atoms with Crippen LogP contribution in [0.3, 0.4) is 0 Å². The molecule has 2 aromatic rings. The Labute approximate surface area is 497 Å². The van der Waals surface area contributed by atoms with Gasteiger partial charge in [0, 0.05) is 54.2 Å². The van der Waals surface area contributed by atoms with Gasteiger partial charge in [0.2, 0.25) is 35.4 Å². The van der Waals surface area contributed by atoms with Crippen molar-refractivity contribution in [3.05, 3.63) is 71.7 Å². The first-order valence-electron chi connectivity index (χ1n) is 28.5. The van der Waals surface area contributed by atoms with Crippen LogP contribution in [-0.2, 0) is 63.8 Å². The molecule has 0 saturated carbocycles. The van der Waals surface area contributed by atoms with Crippen LogP contribution in [0.1, 0.15) is 118 Å². The zero-order valence-corrected chi connectivity index (χ0v) is 51.8. The number of benzene rings is 2. The number of likely N-dealkylation sites (tertiary alicyclic amines) is 1. The van der Waals surface area contributed by atoms with Crippen molar-refractivity contribution in [2.24, 2.45) is 23.7 Å². The van der Waals surface area contributed by atoms with Gasteiger partial charge in [-0.05, 0) is 67.2 Å². The third kappa shape index (κ3) is 20.5. The number of alkyl halides is 1. The summed E-state index contributed by atoms with van der Waals surface area (Å²) in [5.74, 6) is -3.86. The molecule has 0 spiro atoms. The molecule has 2 aromatic carbocycles. The lowest BCUT2D eigenvalue weighted by atomic mass is 9.89. The number of aliphatic hydroxyl groups excluding tert-OH is 1. The number of nitrogens with zero attached hydrogens (tertiary/aromatic N) is 3. The number of amides is 8. The van der Waals surface area contributed by atoms with Crippen molar-refractivity contribution in [2.75, 3.05) is 70.8 Å². The van der Waals surface area contributed by atoms with E-state index in [9.17, 15) is 43.5 Å². The van der Waals surface area contributed by atoms with Gasteiger partial charge in [-0.15, -0.1) is 0 Å². The summed E-state index contributed by atoms with van der Waals surface area (Å²) < 4.78 is 33.7. The Morgan fingerprint density at radius 1 is 0.843 bits per heavy atom. The van der Waals surface area contributed by atoms with Crippen LogP contribution in [0.25, 0.3) is 0 Å². The number of carbonyl (C=O) groups is 8. The Bertz CT molecular complexity index is 2500. The highest BCUT2D eigenvalue weighted by molar-refractivity contribution is 9.09. The van der Waals surface area contributed by atoms with Crippen LogP contribution in [0.2, 0.25) is 0 Å². The lowest BCUT2D eigenvalue weighted by molar-refractivity contribution is -0.148. The minimum atomic E-state index is -1.11. The van der Waals surface area contributed by atoms with E-state index >= 15 is 0 Å². The molecule has 1 saturated heterocycles. The molecule has 6 N–H and O–H groups in total. The maximum Gasteiger partial charge on any atom is 0.416 e. The van der Waals surface area contributed by atoms with E-state index in [0.717, 1.165) is 4.90 Å². The maximum absolute atomic E-state index is 14.8. The maximum atomic E-state index is 14.8. The second kappa shape index (κ2) is 34.4. The van der Waals surface area contributed by atoms with Crippen molar-refractivity contribution in [2.45, 2.75) is 155 Å². The molecule has 0 radical (unpaired) electrons. The van der Waals surface area contributed by atoms with Gasteiger partial charge in [-0.25, -0.2) is 9.59 Å². The van der Waals surface area contributed by atoms with Crippen LogP contribution in [0.15, 0.2) is 60.6 Å². The third-order valence-electron chi connectivity index (χ3n) is 15.1. The second-order valence-corrected chi connectivity index (χ2v) is 22.4. The average molecular weight is 1230 g/mol. The van der Waals surface area contributed by atoms with Gasteiger partial charge >= 0.3 is 12.2 Å². The molecular weight excluding hydrogens is 1140 g/mol. The molecule has 0 aromatic heterocycles. The lowest BCUT2D eigenvalue weighted by Crippen LogP contribution is -2.60. The number of nitrogens with one attached hydrogen (secondary N) is 5. The van der Waals surface area contributed by atoms with Crippen LogP contribution < -0.4 is 26.6 Å². The molecule has 2 aliphatic rings. The van der Waals surface area contributed by atoms with Gasteiger partial charge in [-0.2, -0.15) is 0 Å². The number of hydrogen-bond donors (Lipinski definition) is 6. The molecule has 2 heterocycles. The molecule has 24 heteroatoms. The van der Waals surface area contributed by atoms with Crippen LogP contribution >= 0.6 is 15.9 Å². The fourth-order valence-electron chi connectivity index (χ4n) is 10.4. The van der Waals surface area contributed by atoms with Crippen molar-refractivity contribution in [3.8, 4) is 0 Å².